The summed E-state index contributed by atoms with van der Waals surface area (Å²) in [5.74, 6) is 7.54. The van der Waals surface area contributed by atoms with Gasteiger partial charge in [0.15, 0.2) is 0 Å². The molecule has 150 valence electrons. The average molecular weight is 359 g/mol. The van der Waals surface area contributed by atoms with Crippen LogP contribution in [0.25, 0.3) is 0 Å². The molecular formula is C26H46. The molecule has 9 atom stereocenters. The second-order valence-electron chi connectivity index (χ2n) is 11.4. The Morgan fingerprint density at radius 3 is 2.31 bits per heavy atom. The van der Waals surface area contributed by atoms with Crippen LogP contribution in [0.4, 0.5) is 0 Å². The molecule has 0 heterocycles. The SMILES string of the molecule is CC.CC1CCC[C@@H]2CC3C4CCC5CCCCC5(C)C4CCC3(C)C12. The highest BCUT2D eigenvalue weighted by Crippen LogP contribution is 2.70. The highest BCUT2D eigenvalue weighted by atomic mass is 14.7. The zero-order chi connectivity index (χ0) is 18.5. The van der Waals surface area contributed by atoms with E-state index in [2.05, 4.69) is 20.8 Å². The summed E-state index contributed by atoms with van der Waals surface area (Å²) in [6.45, 7) is 12.1. The van der Waals surface area contributed by atoms with Crippen molar-refractivity contribution < 1.29 is 0 Å². The molecule has 0 amide bonds. The third kappa shape index (κ3) is 2.67. The second-order valence-corrected chi connectivity index (χ2v) is 11.4. The van der Waals surface area contributed by atoms with E-state index in [1.165, 1.54) is 25.7 Å². The van der Waals surface area contributed by atoms with Crippen LogP contribution in [0.15, 0.2) is 0 Å². The first-order valence-electron chi connectivity index (χ1n) is 12.5. The van der Waals surface area contributed by atoms with Crippen LogP contribution in [0, 0.1) is 52.3 Å². The normalized spacial score (nSPS) is 55.5. The summed E-state index contributed by atoms with van der Waals surface area (Å²) in [5, 5.41) is 0. The van der Waals surface area contributed by atoms with Gasteiger partial charge in [-0.2, -0.15) is 0 Å². The van der Waals surface area contributed by atoms with Gasteiger partial charge in [-0.3, -0.25) is 0 Å². The third-order valence-corrected chi connectivity index (χ3v) is 10.7. The minimum atomic E-state index is 0.712. The molecule has 0 saturated heterocycles. The Morgan fingerprint density at radius 1 is 0.692 bits per heavy atom. The monoisotopic (exact) mass is 358 g/mol. The number of hydrogen-bond acceptors (Lipinski definition) is 0. The van der Waals surface area contributed by atoms with Gasteiger partial charge >= 0.3 is 0 Å². The second kappa shape index (κ2) is 7.11. The lowest BCUT2D eigenvalue weighted by atomic mass is 9.44. The van der Waals surface area contributed by atoms with E-state index in [0.29, 0.717) is 5.41 Å². The van der Waals surface area contributed by atoms with Crippen LogP contribution in [0.2, 0.25) is 0 Å². The molecule has 0 aromatic heterocycles. The maximum Gasteiger partial charge on any atom is -0.0261 e. The quantitative estimate of drug-likeness (QED) is 0.410. The smallest absolute Gasteiger partial charge is 0.0261 e. The summed E-state index contributed by atoms with van der Waals surface area (Å²) < 4.78 is 0. The molecule has 5 aliphatic rings. The lowest BCUT2D eigenvalue weighted by Gasteiger charge is -2.61. The molecule has 0 nitrogen and oxygen atoms in total. The molecule has 5 rings (SSSR count). The Kier molecular flexibility index (Phi) is 5.28. The topological polar surface area (TPSA) is 0 Å². The van der Waals surface area contributed by atoms with Gasteiger partial charge in [0.2, 0.25) is 0 Å². The molecule has 0 aromatic rings. The Labute approximate surface area is 164 Å². The lowest BCUT2D eigenvalue weighted by molar-refractivity contribution is -0.115. The van der Waals surface area contributed by atoms with Crippen molar-refractivity contribution in [2.75, 3.05) is 0 Å². The van der Waals surface area contributed by atoms with Gasteiger partial charge in [0.25, 0.3) is 0 Å². The van der Waals surface area contributed by atoms with Crippen LogP contribution < -0.4 is 0 Å². The summed E-state index contributed by atoms with van der Waals surface area (Å²) in [6.07, 6.45) is 18.7. The highest BCUT2D eigenvalue weighted by molar-refractivity contribution is 5.11. The van der Waals surface area contributed by atoms with Gasteiger partial charge in [-0.05, 0) is 97.2 Å². The summed E-state index contributed by atoms with van der Waals surface area (Å²) in [4.78, 5) is 0. The average Bonchev–Trinajstić information content (AvgIpc) is 2.97. The van der Waals surface area contributed by atoms with E-state index in [4.69, 9.17) is 0 Å². The van der Waals surface area contributed by atoms with E-state index >= 15 is 0 Å². The van der Waals surface area contributed by atoms with Crippen LogP contribution in [0.1, 0.15) is 112 Å². The zero-order valence-electron chi connectivity index (χ0n) is 18.5. The standard InChI is InChI=1S/C24H40.C2H6/c1-16-7-6-8-17-15-21-19-11-10-18-9-4-5-13-23(18,2)20(19)12-14-24(21,3)22(16)17;1-2/h16-22H,4-15H2,1-3H3;1-2H3/t16?,17-,18?,19?,20?,21?,22?,23?,24?;/m1./s1. The van der Waals surface area contributed by atoms with E-state index in [-0.39, 0.29) is 0 Å². The number of hydrogen-bond donors (Lipinski definition) is 0. The first kappa shape index (κ1) is 19.3. The van der Waals surface area contributed by atoms with E-state index < -0.39 is 0 Å². The largest absolute Gasteiger partial charge is 0.0683 e. The molecule has 5 aliphatic carbocycles. The highest BCUT2D eigenvalue weighted by Gasteiger charge is 2.62. The van der Waals surface area contributed by atoms with Crippen molar-refractivity contribution in [2.45, 2.75) is 112 Å². The van der Waals surface area contributed by atoms with E-state index in [1.807, 2.05) is 13.8 Å². The summed E-state index contributed by atoms with van der Waals surface area (Å²) in [5.41, 5.74) is 1.44. The van der Waals surface area contributed by atoms with Crippen LogP contribution >= 0.6 is 0 Å². The molecule has 0 spiro atoms. The number of rotatable bonds is 0. The molecule has 26 heavy (non-hydrogen) atoms. The van der Waals surface area contributed by atoms with E-state index in [0.717, 1.165) is 46.8 Å². The fraction of sp³-hybridized carbons (Fsp3) is 1.00. The predicted molar refractivity (Wildman–Crippen MR) is 113 cm³/mol. The Hall–Kier alpha value is 0. The summed E-state index contributed by atoms with van der Waals surface area (Å²) >= 11 is 0. The predicted octanol–water partition coefficient (Wildman–Crippen LogP) is 8.11. The van der Waals surface area contributed by atoms with Gasteiger partial charge in [-0.1, -0.05) is 66.7 Å². The Bertz CT molecular complexity index is 494. The fourth-order valence-electron chi connectivity index (χ4n) is 9.81. The van der Waals surface area contributed by atoms with Crippen LogP contribution in [-0.4, -0.2) is 0 Å². The van der Waals surface area contributed by atoms with Crippen LogP contribution in [0.5, 0.6) is 0 Å². The zero-order valence-corrected chi connectivity index (χ0v) is 18.5. The lowest BCUT2D eigenvalue weighted by Crippen LogP contribution is -2.53. The van der Waals surface area contributed by atoms with Crippen molar-refractivity contribution in [3.63, 3.8) is 0 Å². The summed E-state index contributed by atoms with van der Waals surface area (Å²) in [6, 6.07) is 0. The van der Waals surface area contributed by atoms with Gasteiger partial charge in [0, 0.05) is 0 Å². The van der Waals surface area contributed by atoms with Gasteiger partial charge in [-0.15, -0.1) is 0 Å². The first-order valence-corrected chi connectivity index (χ1v) is 12.5. The van der Waals surface area contributed by atoms with Gasteiger partial charge in [0.05, 0.1) is 0 Å². The molecule has 0 aromatic carbocycles. The maximum atomic E-state index is 2.76. The van der Waals surface area contributed by atoms with Gasteiger partial charge in [0.1, 0.15) is 0 Å². The maximum absolute atomic E-state index is 2.76. The minimum Gasteiger partial charge on any atom is -0.0683 e. The Morgan fingerprint density at radius 2 is 1.50 bits per heavy atom. The fourth-order valence-corrected chi connectivity index (χ4v) is 9.81. The van der Waals surface area contributed by atoms with Gasteiger partial charge < -0.3 is 0 Å². The van der Waals surface area contributed by atoms with Crippen molar-refractivity contribution >= 4 is 0 Å². The van der Waals surface area contributed by atoms with Crippen LogP contribution in [0.3, 0.4) is 0 Å². The molecule has 0 N–H and O–H groups in total. The molecule has 0 bridgehead atoms. The van der Waals surface area contributed by atoms with Crippen molar-refractivity contribution in [3.8, 4) is 0 Å². The number of fused-ring (bicyclic) bond motifs is 7. The minimum absolute atomic E-state index is 0.712. The first-order chi connectivity index (χ1) is 12.5. The van der Waals surface area contributed by atoms with E-state index in [1.54, 1.807) is 51.4 Å². The summed E-state index contributed by atoms with van der Waals surface area (Å²) in [7, 11) is 0. The van der Waals surface area contributed by atoms with E-state index in [9.17, 15) is 0 Å². The van der Waals surface area contributed by atoms with Gasteiger partial charge in [-0.25, -0.2) is 0 Å². The molecule has 5 saturated carbocycles. The molecule has 0 heteroatoms. The van der Waals surface area contributed by atoms with Crippen molar-refractivity contribution in [2.24, 2.45) is 52.3 Å². The molecule has 0 aliphatic heterocycles. The Balaban J connectivity index is 0.000000814. The van der Waals surface area contributed by atoms with Crippen molar-refractivity contribution in [3.05, 3.63) is 0 Å². The van der Waals surface area contributed by atoms with Crippen molar-refractivity contribution in [1.29, 1.82) is 0 Å². The molecular weight excluding hydrogens is 312 g/mol. The third-order valence-electron chi connectivity index (χ3n) is 10.7. The molecule has 0 radical (unpaired) electrons. The molecule has 8 unspecified atom stereocenters. The van der Waals surface area contributed by atoms with Crippen LogP contribution in [-0.2, 0) is 0 Å². The molecule has 5 fully saturated rings. The van der Waals surface area contributed by atoms with Crippen molar-refractivity contribution in [1.82, 2.24) is 0 Å².